The van der Waals surface area contributed by atoms with Gasteiger partial charge < -0.3 is 19.0 Å². The summed E-state index contributed by atoms with van der Waals surface area (Å²) in [7, 11) is 0. The summed E-state index contributed by atoms with van der Waals surface area (Å²) in [5, 5.41) is 3.21. The highest BCUT2D eigenvalue weighted by molar-refractivity contribution is 5.43. The zero-order valence-corrected chi connectivity index (χ0v) is 12.2. The third kappa shape index (κ3) is 3.36. The number of pyridine rings is 1. The third-order valence-corrected chi connectivity index (χ3v) is 3.79. The predicted molar refractivity (Wildman–Crippen MR) is 80.4 cm³/mol. The second kappa shape index (κ2) is 6.18. The van der Waals surface area contributed by atoms with Crippen molar-refractivity contribution in [3.63, 3.8) is 0 Å². The fourth-order valence-electron chi connectivity index (χ4n) is 2.66. The first-order valence-electron chi connectivity index (χ1n) is 7.32. The summed E-state index contributed by atoms with van der Waals surface area (Å²) in [6, 6.07) is 7.37. The van der Waals surface area contributed by atoms with E-state index in [1.54, 1.807) is 16.9 Å². The van der Waals surface area contributed by atoms with Crippen LogP contribution in [0.5, 0.6) is 0 Å². The first-order valence-corrected chi connectivity index (χ1v) is 7.32. The largest absolute Gasteiger partial charge is 0.467 e. The van der Waals surface area contributed by atoms with Crippen LogP contribution in [0.2, 0.25) is 0 Å². The molecule has 1 fully saturated rings. The predicted octanol–water partition coefficient (Wildman–Crippen LogP) is 2.54. The average Bonchev–Trinajstić information content (AvgIpc) is 3.14. The molecule has 5 heteroatoms. The van der Waals surface area contributed by atoms with Crippen LogP contribution in [-0.2, 0) is 17.8 Å². The molecule has 2 aromatic heterocycles. The molecule has 0 aromatic carbocycles. The highest BCUT2D eigenvalue weighted by Gasteiger charge is 2.17. The maximum Gasteiger partial charge on any atom is 0.252 e. The number of anilines is 1. The SMILES string of the molecule is Cc1cc(NCc2ccco2)cc(=O)n1C[C@H]1CCCO1. The Balaban J connectivity index is 1.71. The van der Waals surface area contributed by atoms with Crippen LogP contribution in [0.15, 0.2) is 39.7 Å². The van der Waals surface area contributed by atoms with Crippen LogP contribution in [-0.4, -0.2) is 17.3 Å². The summed E-state index contributed by atoms with van der Waals surface area (Å²) in [5.41, 5.74) is 1.77. The van der Waals surface area contributed by atoms with E-state index in [0.29, 0.717) is 13.1 Å². The fraction of sp³-hybridized carbons (Fsp3) is 0.438. The van der Waals surface area contributed by atoms with E-state index in [1.807, 2.05) is 25.1 Å². The van der Waals surface area contributed by atoms with Crippen molar-refractivity contribution in [3.8, 4) is 0 Å². The molecule has 0 saturated carbocycles. The molecule has 5 nitrogen and oxygen atoms in total. The van der Waals surface area contributed by atoms with Crippen LogP contribution >= 0.6 is 0 Å². The van der Waals surface area contributed by atoms with Crippen molar-refractivity contribution in [2.24, 2.45) is 0 Å². The molecular weight excluding hydrogens is 268 g/mol. The number of aryl methyl sites for hydroxylation is 1. The van der Waals surface area contributed by atoms with Crippen molar-refractivity contribution < 1.29 is 9.15 Å². The van der Waals surface area contributed by atoms with Gasteiger partial charge in [0.25, 0.3) is 5.56 Å². The van der Waals surface area contributed by atoms with E-state index in [4.69, 9.17) is 9.15 Å². The first-order chi connectivity index (χ1) is 10.2. The third-order valence-electron chi connectivity index (χ3n) is 3.79. The molecule has 3 heterocycles. The van der Waals surface area contributed by atoms with Gasteiger partial charge in [-0.3, -0.25) is 4.79 Å². The van der Waals surface area contributed by atoms with Gasteiger partial charge in [0.05, 0.1) is 25.5 Å². The lowest BCUT2D eigenvalue weighted by Gasteiger charge is -2.16. The number of rotatable bonds is 5. The molecule has 1 N–H and O–H groups in total. The number of nitrogens with zero attached hydrogens (tertiary/aromatic N) is 1. The molecule has 1 atom stereocenters. The van der Waals surface area contributed by atoms with Gasteiger partial charge in [-0.05, 0) is 38.0 Å². The van der Waals surface area contributed by atoms with Crippen LogP contribution in [0, 0.1) is 6.92 Å². The minimum absolute atomic E-state index is 0.00689. The smallest absolute Gasteiger partial charge is 0.252 e. The molecule has 112 valence electrons. The summed E-state index contributed by atoms with van der Waals surface area (Å²) in [4.78, 5) is 12.3. The summed E-state index contributed by atoms with van der Waals surface area (Å²) in [6.07, 6.45) is 3.93. The molecule has 0 spiro atoms. The number of aromatic nitrogens is 1. The molecule has 1 aliphatic heterocycles. The van der Waals surface area contributed by atoms with Crippen LogP contribution in [0.25, 0.3) is 0 Å². The lowest BCUT2D eigenvalue weighted by atomic mass is 10.2. The highest BCUT2D eigenvalue weighted by Crippen LogP contribution is 2.15. The minimum Gasteiger partial charge on any atom is -0.467 e. The Morgan fingerprint density at radius 3 is 3.00 bits per heavy atom. The van der Waals surface area contributed by atoms with E-state index in [2.05, 4.69) is 5.32 Å². The van der Waals surface area contributed by atoms with E-state index in [-0.39, 0.29) is 11.7 Å². The fourth-order valence-corrected chi connectivity index (χ4v) is 2.66. The molecule has 0 unspecified atom stereocenters. The van der Waals surface area contributed by atoms with E-state index in [9.17, 15) is 4.79 Å². The molecule has 3 rings (SSSR count). The van der Waals surface area contributed by atoms with E-state index in [0.717, 1.165) is 36.6 Å². The van der Waals surface area contributed by atoms with Gasteiger partial charge in [-0.15, -0.1) is 0 Å². The van der Waals surface area contributed by atoms with Gasteiger partial charge in [0.15, 0.2) is 0 Å². The van der Waals surface area contributed by atoms with E-state index < -0.39 is 0 Å². The molecular formula is C16H20N2O3. The van der Waals surface area contributed by atoms with Crippen molar-refractivity contribution >= 4 is 5.69 Å². The standard InChI is InChI=1S/C16H20N2O3/c1-12-8-13(17-10-14-4-2-6-20-14)9-16(19)18(12)11-15-5-3-7-21-15/h2,4,6,8-9,15,17H,3,5,7,10-11H2,1H3/t15-/m1/s1. The summed E-state index contributed by atoms with van der Waals surface area (Å²) in [6.45, 7) is 3.97. The number of hydrogen-bond acceptors (Lipinski definition) is 4. The van der Waals surface area contributed by atoms with Crippen molar-refractivity contribution in [2.45, 2.75) is 39.0 Å². The number of ether oxygens (including phenoxy) is 1. The lowest BCUT2D eigenvalue weighted by molar-refractivity contribution is 0.0956. The molecule has 1 saturated heterocycles. The van der Waals surface area contributed by atoms with Crippen molar-refractivity contribution in [3.05, 3.63) is 52.3 Å². The summed E-state index contributed by atoms with van der Waals surface area (Å²) < 4.78 is 12.7. The van der Waals surface area contributed by atoms with Crippen molar-refractivity contribution in [1.29, 1.82) is 0 Å². The van der Waals surface area contributed by atoms with Gasteiger partial charge in [-0.25, -0.2) is 0 Å². The highest BCUT2D eigenvalue weighted by atomic mass is 16.5. The monoisotopic (exact) mass is 288 g/mol. The van der Waals surface area contributed by atoms with Crippen molar-refractivity contribution in [1.82, 2.24) is 4.57 Å². The Morgan fingerprint density at radius 1 is 1.43 bits per heavy atom. The lowest BCUT2D eigenvalue weighted by Crippen LogP contribution is -2.28. The van der Waals surface area contributed by atoms with Gasteiger partial charge >= 0.3 is 0 Å². The topological polar surface area (TPSA) is 56.4 Å². The molecule has 0 bridgehead atoms. The maximum absolute atomic E-state index is 12.3. The number of furan rings is 1. The Labute approximate surface area is 123 Å². The first kappa shape index (κ1) is 13.9. The molecule has 0 amide bonds. The number of nitrogens with one attached hydrogen (secondary N) is 1. The zero-order chi connectivity index (χ0) is 14.7. The van der Waals surface area contributed by atoms with Gasteiger partial charge in [0.2, 0.25) is 0 Å². The van der Waals surface area contributed by atoms with E-state index in [1.165, 1.54) is 0 Å². The molecule has 0 aliphatic carbocycles. The summed E-state index contributed by atoms with van der Waals surface area (Å²) in [5.74, 6) is 0.844. The van der Waals surface area contributed by atoms with Gasteiger partial charge in [-0.1, -0.05) is 0 Å². The van der Waals surface area contributed by atoms with Crippen molar-refractivity contribution in [2.75, 3.05) is 11.9 Å². The van der Waals surface area contributed by atoms with Gasteiger partial charge in [-0.2, -0.15) is 0 Å². The average molecular weight is 288 g/mol. The van der Waals surface area contributed by atoms with Gasteiger partial charge in [0.1, 0.15) is 5.76 Å². The van der Waals surface area contributed by atoms with Gasteiger partial charge in [0, 0.05) is 24.1 Å². The normalized spacial score (nSPS) is 18.0. The molecule has 21 heavy (non-hydrogen) atoms. The quantitative estimate of drug-likeness (QED) is 0.918. The molecule has 1 aliphatic rings. The Morgan fingerprint density at radius 2 is 2.33 bits per heavy atom. The van der Waals surface area contributed by atoms with Crippen LogP contribution in [0.1, 0.15) is 24.3 Å². The second-order valence-corrected chi connectivity index (χ2v) is 5.40. The Kier molecular flexibility index (Phi) is 4.10. The Bertz CT molecular complexity index is 640. The molecule has 0 radical (unpaired) electrons. The second-order valence-electron chi connectivity index (χ2n) is 5.40. The molecule has 2 aromatic rings. The number of hydrogen-bond donors (Lipinski definition) is 1. The summed E-state index contributed by atoms with van der Waals surface area (Å²) >= 11 is 0. The minimum atomic E-state index is 0.00689. The Hall–Kier alpha value is -2.01. The zero-order valence-electron chi connectivity index (χ0n) is 12.2. The van der Waals surface area contributed by atoms with E-state index >= 15 is 0 Å². The van der Waals surface area contributed by atoms with Crippen LogP contribution in [0.3, 0.4) is 0 Å². The van der Waals surface area contributed by atoms with Crippen LogP contribution < -0.4 is 10.9 Å². The van der Waals surface area contributed by atoms with Crippen LogP contribution in [0.4, 0.5) is 5.69 Å². The maximum atomic E-state index is 12.3.